The van der Waals surface area contributed by atoms with Crippen molar-refractivity contribution in [2.24, 2.45) is 0 Å². The van der Waals surface area contributed by atoms with E-state index >= 15 is 0 Å². The summed E-state index contributed by atoms with van der Waals surface area (Å²) in [5.41, 5.74) is 0.182. The first kappa shape index (κ1) is 16.6. The van der Waals surface area contributed by atoms with E-state index in [4.69, 9.17) is 11.6 Å². The Hall–Kier alpha value is -1.80. The van der Waals surface area contributed by atoms with Gasteiger partial charge in [0, 0.05) is 23.0 Å². The first-order valence-electron chi connectivity index (χ1n) is 5.92. The van der Waals surface area contributed by atoms with Crippen molar-refractivity contribution in [3.63, 3.8) is 0 Å². The molecule has 2 heterocycles. The second kappa shape index (κ2) is 6.97. The minimum absolute atomic E-state index is 0.115. The van der Waals surface area contributed by atoms with E-state index in [0.717, 1.165) is 0 Å². The standard InChI is InChI=1S/C13H9ClF3N3OS/c14-9-2-4-18-10(6-9)20-12(21)8-1-3-19-11(5-8)22-7-13(15,16)17/h1-6H,7H2,(H,18,20,21). The van der Waals surface area contributed by atoms with Crippen molar-refractivity contribution in [2.75, 3.05) is 11.1 Å². The zero-order chi connectivity index (χ0) is 16.2. The Morgan fingerprint density at radius 3 is 2.64 bits per heavy atom. The third kappa shape index (κ3) is 5.19. The summed E-state index contributed by atoms with van der Waals surface area (Å²) in [6.07, 6.45) is -1.59. The lowest BCUT2D eigenvalue weighted by Gasteiger charge is -2.07. The van der Waals surface area contributed by atoms with Crippen LogP contribution in [0.5, 0.6) is 0 Å². The lowest BCUT2D eigenvalue weighted by atomic mass is 10.2. The Balaban J connectivity index is 2.07. The third-order valence-electron chi connectivity index (χ3n) is 2.34. The molecular weight excluding hydrogens is 339 g/mol. The molecule has 0 saturated heterocycles. The number of thioether (sulfide) groups is 1. The van der Waals surface area contributed by atoms with Gasteiger partial charge in [-0.15, -0.1) is 0 Å². The van der Waals surface area contributed by atoms with Gasteiger partial charge in [-0.05, 0) is 24.3 Å². The number of aromatic nitrogens is 2. The van der Waals surface area contributed by atoms with Crippen molar-refractivity contribution in [2.45, 2.75) is 11.2 Å². The summed E-state index contributed by atoms with van der Waals surface area (Å²) in [5, 5.41) is 3.02. The van der Waals surface area contributed by atoms with Crippen LogP contribution in [0.15, 0.2) is 41.7 Å². The monoisotopic (exact) mass is 347 g/mol. The van der Waals surface area contributed by atoms with Crippen LogP contribution in [0, 0.1) is 0 Å². The molecule has 4 nitrogen and oxygen atoms in total. The van der Waals surface area contributed by atoms with Crippen molar-refractivity contribution in [3.05, 3.63) is 47.2 Å². The van der Waals surface area contributed by atoms with E-state index in [1.54, 1.807) is 6.07 Å². The minimum Gasteiger partial charge on any atom is -0.307 e. The van der Waals surface area contributed by atoms with Crippen LogP contribution >= 0.6 is 23.4 Å². The van der Waals surface area contributed by atoms with Gasteiger partial charge in [0.25, 0.3) is 5.91 Å². The first-order valence-corrected chi connectivity index (χ1v) is 7.28. The molecule has 0 fully saturated rings. The smallest absolute Gasteiger partial charge is 0.307 e. The van der Waals surface area contributed by atoms with Crippen LogP contribution < -0.4 is 5.32 Å². The number of anilines is 1. The van der Waals surface area contributed by atoms with Crippen LogP contribution in [0.3, 0.4) is 0 Å². The predicted molar refractivity (Wildman–Crippen MR) is 78.2 cm³/mol. The number of rotatable bonds is 4. The van der Waals surface area contributed by atoms with Gasteiger partial charge in [0.05, 0.1) is 10.8 Å². The van der Waals surface area contributed by atoms with Crippen molar-refractivity contribution in [1.29, 1.82) is 0 Å². The number of pyridine rings is 2. The topological polar surface area (TPSA) is 54.9 Å². The molecule has 116 valence electrons. The summed E-state index contributed by atoms with van der Waals surface area (Å²) in [5.74, 6) is -1.33. The quantitative estimate of drug-likeness (QED) is 0.848. The van der Waals surface area contributed by atoms with Crippen molar-refractivity contribution in [3.8, 4) is 0 Å². The average Bonchev–Trinajstić information content (AvgIpc) is 2.45. The Kier molecular flexibility index (Phi) is 5.25. The molecule has 1 N–H and O–H groups in total. The van der Waals surface area contributed by atoms with E-state index in [0.29, 0.717) is 16.8 Å². The van der Waals surface area contributed by atoms with Crippen LogP contribution in [-0.4, -0.2) is 27.8 Å². The molecule has 2 aromatic rings. The molecule has 22 heavy (non-hydrogen) atoms. The highest BCUT2D eigenvalue weighted by Gasteiger charge is 2.27. The summed E-state index contributed by atoms with van der Waals surface area (Å²) >= 11 is 6.29. The van der Waals surface area contributed by atoms with E-state index in [1.165, 1.54) is 30.6 Å². The maximum atomic E-state index is 12.2. The Morgan fingerprint density at radius 2 is 1.95 bits per heavy atom. The number of halogens is 4. The second-order valence-corrected chi connectivity index (χ2v) is 5.53. The fraction of sp³-hybridized carbons (Fsp3) is 0.154. The molecule has 0 aliphatic heterocycles. The molecule has 1 amide bonds. The maximum Gasteiger partial charge on any atom is 0.398 e. The molecule has 0 spiro atoms. The minimum atomic E-state index is -4.30. The summed E-state index contributed by atoms with van der Waals surface area (Å²) in [6, 6.07) is 5.70. The molecule has 0 saturated carbocycles. The van der Waals surface area contributed by atoms with Gasteiger partial charge in [0.15, 0.2) is 0 Å². The van der Waals surface area contributed by atoms with E-state index in [-0.39, 0.29) is 16.4 Å². The number of hydrogen-bond donors (Lipinski definition) is 1. The normalized spacial score (nSPS) is 11.3. The van der Waals surface area contributed by atoms with E-state index < -0.39 is 17.8 Å². The highest BCUT2D eigenvalue weighted by Crippen LogP contribution is 2.26. The highest BCUT2D eigenvalue weighted by atomic mass is 35.5. The molecule has 2 aromatic heterocycles. The number of nitrogens with one attached hydrogen (secondary N) is 1. The molecule has 0 unspecified atom stereocenters. The molecule has 0 aliphatic rings. The van der Waals surface area contributed by atoms with Crippen LogP contribution in [0.25, 0.3) is 0 Å². The number of hydrogen-bond acceptors (Lipinski definition) is 4. The fourth-order valence-corrected chi connectivity index (χ4v) is 2.26. The summed E-state index contributed by atoms with van der Waals surface area (Å²) in [4.78, 5) is 19.7. The Morgan fingerprint density at radius 1 is 1.23 bits per heavy atom. The molecule has 0 radical (unpaired) electrons. The van der Waals surface area contributed by atoms with Gasteiger partial charge in [-0.2, -0.15) is 13.2 Å². The van der Waals surface area contributed by atoms with Crippen LogP contribution in [0.2, 0.25) is 5.02 Å². The van der Waals surface area contributed by atoms with Gasteiger partial charge in [-0.25, -0.2) is 9.97 Å². The van der Waals surface area contributed by atoms with Gasteiger partial charge in [-0.3, -0.25) is 4.79 Å². The third-order valence-corrected chi connectivity index (χ3v) is 3.57. The van der Waals surface area contributed by atoms with Gasteiger partial charge in [0.1, 0.15) is 5.82 Å². The largest absolute Gasteiger partial charge is 0.398 e. The summed E-state index contributed by atoms with van der Waals surface area (Å²) in [7, 11) is 0. The lowest BCUT2D eigenvalue weighted by Crippen LogP contribution is -2.13. The average molecular weight is 348 g/mol. The number of carbonyl (C=O) groups is 1. The Labute approximate surface area is 133 Å². The van der Waals surface area contributed by atoms with Crippen molar-refractivity contribution in [1.82, 2.24) is 9.97 Å². The highest BCUT2D eigenvalue weighted by molar-refractivity contribution is 7.99. The van der Waals surface area contributed by atoms with Gasteiger partial charge >= 0.3 is 6.18 Å². The second-order valence-electron chi connectivity index (χ2n) is 4.10. The lowest BCUT2D eigenvalue weighted by molar-refractivity contribution is -0.105. The van der Waals surface area contributed by atoms with E-state index in [2.05, 4.69) is 15.3 Å². The van der Waals surface area contributed by atoms with Crippen LogP contribution in [-0.2, 0) is 0 Å². The number of nitrogens with zero attached hydrogens (tertiary/aromatic N) is 2. The summed E-state index contributed by atoms with van der Waals surface area (Å²) < 4.78 is 36.5. The maximum absolute atomic E-state index is 12.2. The van der Waals surface area contributed by atoms with Crippen molar-refractivity contribution >= 4 is 35.1 Å². The molecule has 0 bridgehead atoms. The molecule has 0 atom stereocenters. The first-order chi connectivity index (χ1) is 10.3. The van der Waals surface area contributed by atoms with Gasteiger partial charge in [0.2, 0.25) is 0 Å². The van der Waals surface area contributed by atoms with Crippen LogP contribution in [0.4, 0.5) is 19.0 Å². The Bertz CT molecular complexity index is 682. The summed E-state index contributed by atoms with van der Waals surface area (Å²) in [6.45, 7) is 0. The molecular formula is C13H9ClF3N3OS. The SMILES string of the molecule is O=C(Nc1cc(Cl)ccn1)c1ccnc(SCC(F)(F)F)c1. The fourth-order valence-electron chi connectivity index (χ4n) is 1.45. The molecule has 9 heteroatoms. The van der Waals surface area contributed by atoms with E-state index in [1.807, 2.05) is 0 Å². The zero-order valence-electron chi connectivity index (χ0n) is 10.9. The molecule has 2 rings (SSSR count). The molecule has 0 aromatic carbocycles. The van der Waals surface area contributed by atoms with E-state index in [9.17, 15) is 18.0 Å². The van der Waals surface area contributed by atoms with Gasteiger partial charge in [-0.1, -0.05) is 23.4 Å². The number of alkyl halides is 3. The van der Waals surface area contributed by atoms with Gasteiger partial charge < -0.3 is 5.32 Å². The number of amides is 1. The number of carbonyl (C=O) groups excluding carboxylic acids is 1. The van der Waals surface area contributed by atoms with Crippen LogP contribution in [0.1, 0.15) is 10.4 Å². The van der Waals surface area contributed by atoms with Crippen molar-refractivity contribution < 1.29 is 18.0 Å². The molecule has 0 aliphatic carbocycles. The predicted octanol–water partition coefficient (Wildman–Crippen LogP) is 4.04. The zero-order valence-corrected chi connectivity index (χ0v) is 12.5.